The maximum atomic E-state index is 12.8. The Hall–Kier alpha value is -2.49. The molecule has 0 bridgehead atoms. The van der Waals surface area contributed by atoms with Gasteiger partial charge in [0.05, 0.1) is 18.8 Å². The van der Waals surface area contributed by atoms with Gasteiger partial charge in [-0.1, -0.05) is 126 Å². The fourth-order valence-corrected chi connectivity index (χ4v) is 7.89. The van der Waals surface area contributed by atoms with Crippen LogP contribution < -0.4 is 0 Å². The lowest BCUT2D eigenvalue weighted by molar-refractivity contribution is -0.220. The van der Waals surface area contributed by atoms with Crippen molar-refractivity contribution in [3.8, 4) is 0 Å². The standard InChI is InChI=1S/C47H79O14P/c1-3-5-6-7-8-9-10-11-12-15-18-21-24-27-30-33-40(48)57-35-37(36-58-62(55,56)61-47-45(53)43(51)42(50)44(52)46(47)54)59-41(49)34-31-28-25-22-19-16-13-14-17-20-23-26-29-32-39-38(4-2)60-39/h11-13,16-17,20,22,25-26,29,37-39,42-47,50-54H,3-10,14-15,18-19,21,23-24,27-28,30-36H2,1-2H3,(H,55,56). The second-order valence-corrected chi connectivity index (χ2v) is 17.7. The van der Waals surface area contributed by atoms with E-state index in [0.29, 0.717) is 31.5 Å². The number of rotatable bonds is 36. The van der Waals surface area contributed by atoms with Gasteiger partial charge in [-0.25, -0.2) is 4.57 Å². The second kappa shape index (κ2) is 33.9. The molecule has 8 atom stereocenters. The van der Waals surface area contributed by atoms with Crippen LogP contribution in [0.25, 0.3) is 0 Å². The number of hydrogen-bond acceptors (Lipinski definition) is 13. The van der Waals surface area contributed by atoms with Gasteiger partial charge >= 0.3 is 19.8 Å². The van der Waals surface area contributed by atoms with Crippen LogP contribution in [0.15, 0.2) is 60.8 Å². The van der Waals surface area contributed by atoms with Gasteiger partial charge in [0.1, 0.15) is 43.2 Å². The lowest BCUT2D eigenvalue weighted by Crippen LogP contribution is -2.64. The van der Waals surface area contributed by atoms with Crippen LogP contribution in [-0.4, -0.2) is 111 Å². The van der Waals surface area contributed by atoms with Crippen LogP contribution in [0, 0.1) is 0 Å². The smallest absolute Gasteiger partial charge is 0.462 e. The summed E-state index contributed by atoms with van der Waals surface area (Å²) in [5.41, 5.74) is 0. The highest BCUT2D eigenvalue weighted by Gasteiger charge is 2.51. The molecule has 1 aliphatic carbocycles. The largest absolute Gasteiger partial charge is 0.472 e. The normalized spacial score (nSPS) is 25.7. The van der Waals surface area contributed by atoms with E-state index in [4.69, 9.17) is 23.3 Å². The Labute approximate surface area is 370 Å². The lowest BCUT2D eigenvalue weighted by atomic mass is 9.85. The van der Waals surface area contributed by atoms with Gasteiger partial charge in [-0.15, -0.1) is 0 Å². The van der Waals surface area contributed by atoms with Crippen LogP contribution in [0.2, 0.25) is 0 Å². The third-order valence-corrected chi connectivity index (χ3v) is 11.8. The molecular formula is C47H79O14P. The zero-order valence-corrected chi connectivity index (χ0v) is 38.2. The molecule has 1 saturated carbocycles. The van der Waals surface area contributed by atoms with Gasteiger partial charge < -0.3 is 44.6 Å². The molecule has 0 amide bonds. The number of unbranched alkanes of at least 4 members (excludes halogenated alkanes) is 12. The molecule has 2 rings (SSSR count). The summed E-state index contributed by atoms with van der Waals surface area (Å²) in [7, 11) is -5.14. The Morgan fingerprint density at radius 2 is 1.06 bits per heavy atom. The number of aliphatic hydroxyl groups is 5. The Morgan fingerprint density at radius 3 is 1.65 bits per heavy atom. The molecule has 62 heavy (non-hydrogen) atoms. The van der Waals surface area contributed by atoms with Gasteiger partial charge in [0.25, 0.3) is 0 Å². The van der Waals surface area contributed by atoms with Crippen molar-refractivity contribution < 1.29 is 67.8 Å². The molecule has 0 radical (unpaired) electrons. The van der Waals surface area contributed by atoms with E-state index < -0.39 is 75.7 Å². The first kappa shape index (κ1) is 55.6. The highest BCUT2D eigenvalue weighted by molar-refractivity contribution is 7.47. The first-order valence-electron chi connectivity index (χ1n) is 23.2. The molecular weight excluding hydrogens is 819 g/mol. The molecule has 0 aromatic rings. The van der Waals surface area contributed by atoms with Crippen molar-refractivity contribution in [2.75, 3.05) is 13.2 Å². The van der Waals surface area contributed by atoms with Crippen LogP contribution in [0.3, 0.4) is 0 Å². The number of phosphoric ester groups is 1. The van der Waals surface area contributed by atoms with Crippen molar-refractivity contribution in [3.63, 3.8) is 0 Å². The van der Waals surface area contributed by atoms with Gasteiger partial charge in [-0.05, 0) is 77.0 Å². The number of hydrogen-bond donors (Lipinski definition) is 6. The zero-order valence-electron chi connectivity index (χ0n) is 37.3. The van der Waals surface area contributed by atoms with Crippen molar-refractivity contribution in [2.45, 2.75) is 210 Å². The molecule has 1 saturated heterocycles. The van der Waals surface area contributed by atoms with Crippen LogP contribution >= 0.6 is 7.82 Å². The summed E-state index contributed by atoms with van der Waals surface area (Å²) >= 11 is 0. The van der Waals surface area contributed by atoms with E-state index in [1.54, 1.807) is 0 Å². The van der Waals surface area contributed by atoms with E-state index >= 15 is 0 Å². The van der Waals surface area contributed by atoms with Gasteiger partial charge in [-0.2, -0.15) is 0 Å². The first-order valence-corrected chi connectivity index (χ1v) is 24.7. The number of allylic oxidation sites excluding steroid dienone is 9. The first-order chi connectivity index (χ1) is 29.9. The summed E-state index contributed by atoms with van der Waals surface area (Å²) in [5, 5.41) is 50.1. The van der Waals surface area contributed by atoms with Crippen molar-refractivity contribution >= 4 is 19.8 Å². The number of esters is 2. The molecule has 6 N–H and O–H groups in total. The number of carbonyl (C=O) groups excluding carboxylic acids is 2. The maximum Gasteiger partial charge on any atom is 0.472 e. The van der Waals surface area contributed by atoms with Gasteiger partial charge in [0.15, 0.2) is 6.10 Å². The van der Waals surface area contributed by atoms with Crippen molar-refractivity contribution in [2.24, 2.45) is 0 Å². The van der Waals surface area contributed by atoms with E-state index in [1.165, 1.54) is 38.5 Å². The average molecular weight is 899 g/mol. The summed E-state index contributed by atoms with van der Waals surface area (Å²) in [6.45, 7) is 3.13. The number of ether oxygens (including phenoxy) is 3. The van der Waals surface area contributed by atoms with Crippen molar-refractivity contribution in [1.29, 1.82) is 0 Å². The van der Waals surface area contributed by atoms with E-state index in [-0.39, 0.29) is 12.8 Å². The van der Waals surface area contributed by atoms with Crippen LogP contribution in [0.5, 0.6) is 0 Å². The van der Waals surface area contributed by atoms with E-state index in [0.717, 1.165) is 70.6 Å². The number of carbonyl (C=O) groups is 2. The van der Waals surface area contributed by atoms with Crippen molar-refractivity contribution in [3.05, 3.63) is 60.8 Å². The Bertz CT molecular complexity index is 1380. The zero-order chi connectivity index (χ0) is 45.4. The van der Waals surface area contributed by atoms with Crippen molar-refractivity contribution in [1.82, 2.24) is 0 Å². The van der Waals surface area contributed by atoms with E-state index in [1.807, 2.05) is 12.2 Å². The quantitative estimate of drug-likeness (QED) is 0.0116. The molecule has 2 fully saturated rings. The van der Waals surface area contributed by atoms with E-state index in [9.17, 15) is 44.6 Å². The lowest BCUT2D eigenvalue weighted by Gasteiger charge is -2.41. The molecule has 1 heterocycles. The molecule has 8 unspecified atom stereocenters. The fourth-order valence-electron chi connectivity index (χ4n) is 6.91. The minimum atomic E-state index is -5.14. The van der Waals surface area contributed by atoms with Crippen LogP contribution in [0.4, 0.5) is 0 Å². The third kappa shape index (κ3) is 25.7. The average Bonchev–Trinajstić information content (AvgIpc) is 4.03. The van der Waals surface area contributed by atoms with Gasteiger partial charge in [0, 0.05) is 12.8 Å². The molecule has 1 aliphatic heterocycles. The highest BCUT2D eigenvalue weighted by Crippen LogP contribution is 2.47. The molecule has 14 nitrogen and oxygen atoms in total. The minimum absolute atomic E-state index is 0.0114. The van der Waals surface area contributed by atoms with E-state index in [2.05, 4.69) is 62.5 Å². The van der Waals surface area contributed by atoms with Crippen LogP contribution in [0.1, 0.15) is 155 Å². The monoisotopic (exact) mass is 899 g/mol. The summed E-state index contributed by atoms with van der Waals surface area (Å²) in [6, 6.07) is 0. The van der Waals surface area contributed by atoms with Gasteiger partial charge in [-0.3, -0.25) is 18.6 Å². The molecule has 0 spiro atoms. The Balaban J connectivity index is 1.73. The molecule has 0 aromatic carbocycles. The minimum Gasteiger partial charge on any atom is -0.462 e. The summed E-state index contributed by atoms with van der Waals surface area (Å²) in [4.78, 5) is 35.7. The summed E-state index contributed by atoms with van der Waals surface area (Å²) < 4.78 is 39.0. The predicted molar refractivity (Wildman–Crippen MR) is 239 cm³/mol. The SMILES string of the molecule is CCCCCCCCC=CCCCCCCCC(=O)OCC(COP(=O)(O)OC1C(O)C(O)C(O)C(O)C1O)OC(=O)CCCC=CCC=CCC=CCC=CCC1OC1CC. The highest BCUT2D eigenvalue weighted by atomic mass is 31.2. The van der Waals surface area contributed by atoms with Crippen LogP contribution in [-0.2, 0) is 37.4 Å². The number of aliphatic hydroxyl groups excluding tert-OH is 5. The fraction of sp³-hybridized carbons (Fsp3) is 0.745. The topological polar surface area (TPSA) is 222 Å². The Morgan fingerprint density at radius 1 is 0.581 bits per heavy atom. The molecule has 2 aliphatic rings. The maximum absolute atomic E-state index is 12.8. The summed E-state index contributed by atoms with van der Waals surface area (Å²) in [5.74, 6) is -1.19. The third-order valence-electron chi connectivity index (χ3n) is 10.8. The second-order valence-electron chi connectivity index (χ2n) is 16.3. The summed E-state index contributed by atoms with van der Waals surface area (Å²) in [6.07, 6.45) is 29.0. The predicted octanol–water partition coefficient (Wildman–Crippen LogP) is 7.93. The molecule has 0 aromatic heterocycles. The molecule has 15 heteroatoms. The number of epoxide rings is 1. The Kier molecular flexibility index (Phi) is 30.5. The molecule has 356 valence electrons. The van der Waals surface area contributed by atoms with Gasteiger partial charge in [0.2, 0.25) is 0 Å². The number of phosphoric acid groups is 1.